The van der Waals surface area contributed by atoms with Gasteiger partial charge >= 0.3 is 5.97 Å². The number of rotatable bonds is 3. The number of carboxylic acid groups (broad SMARTS) is 1. The zero-order valence-electron chi connectivity index (χ0n) is 8.30. The molecule has 0 bridgehead atoms. The summed E-state index contributed by atoms with van der Waals surface area (Å²) in [5.41, 5.74) is 6.33. The van der Waals surface area contributed by atoms with E-state index in [-0.39, 0.29) is 6.54 Å². The van der Waals surface area contributed by atoms with Crippen molar-refractivity contribution in [3.8, 4) is 0 Å². The molecule has 1 unspecified atom stereocenters. The van der Waals surface area contributed by atoms with Gasteiger partial charge in [-0.2, -0.15) is 0 Å². The number of hydrogen-bond acceptors (Lipinski definition) is 3. The molecule has 0 saturated heterocycles. The van der Waals surface area contributed by atoms with Crippen LogP contribution in [0.5, 0.6) is 0 Å². The van der Waals surface area contributed by atoms with Crippen molar-refractivity contribution in [2.45, 2.75) is 5.92 Å². The minimum Gasteiger partial charge on any atom is -0.481 e. The Balaban J connectivity index is 2.60. The maximum Gasteiger partial charge on any atom is 0.314 e. The number of hydrogen-bond donors (Lipinski definition) is 2. The zero-order chi connectivity index (χ0) is 11.7. The van der Waals surface area contributed by atoms with Gasteiger partial charge in [-0.15, -0.1) is 0 Å². The molecule has 16 heavy (non-hydrogen) atoms. The van der Waals surface area contributed by atoms with Crippen LogP contribution in [-0.2, 0) is 4.79 Å². The highest BCUT2D eigenvalue weighted by Gasteiger charge is 2.25. The van der Waals surface area contributed by atoms with E-state index in [1.165, 1.54) is 0 Å². The molecule has 0 radical (unpaired) electrons. The third-order valence-electron chi connectivity index (χ3n) is 2.36. The molecule has 0 aromatic carbocycles. The first-order chi connectivity index (χ1) is 7.65. The average molecular weight is 240 g/mol. The number of pyridine rings is 1. The molecular formula is C10H10ClN3O2. The number of halogens is 1. The lowest BCUT2D eigenvalue weighted by Crippen LogP contribution is -2.21. The van der Waals surface area contributed by atoms with Gasteiger partial charge in [-0.25, -0.2) is 4.98 Å². The summed E-state index contributed by atoms with van der Waals surface area (Å²) in [6, 6.07) is 5.36. The molecular weight excluding hydrogens is 230 g/mol. The largest absolute Gasteiger partial charge is 0.481 e. The lowest BCUT2D eigenvalue weighted by Gasteiger charge is -2.05. The lowest BCUT2D eigenvalue weighted by atomic mass is 10.1. The summed E-state index contributed by atoms with van der Waals surface area (Å²) in [5, 5.41) is 9.29. The normalized spacial score (nSPS) is 12.9. The zero-order valence-corrected chi connectivity index (χ0v) is 9.05. The number of carboxylic acids is 1. The highest BCUT2D eigenvalue weighted by Crippen LogP contribution is 2.25. The molecule has 0 aliphatic carbocycles. The monoisotopic (exact) mass is 239 g/mol. The molecule has 1 atom stereocenters. The van der Waals surface area contributed by atoms with E-state index >= 15 is 0 Å². The van der Waals surface area contributed by atoms with E-state index in [0.717, 1.165) is 0 Å². The van der Waals surface area contributed by atoms with Gasteiger partial charge in [-0.1, -0.05) is 17.7 Å². The lowest BCUT2D eigenvalue weighted by molar-refractivity contribution is -0.138. The van der Waals surface area contributed by atoms with Gasteiger partial charge in [-0.3, -0.25) is 9.20 Å². The van der Waals surface area contributed by atoms with E-state index in [0.29, 0.717) is 16.5 Å². The van der Waals surface area contributed by atoms with Gasteiger partial charge in [0.1, 0.15) is 16.7 Å². The van der Waals surface area contributed by atoms with Crippen molar-refractivity contribution in [1.82, 2.24) is 9.38 Å². The highest BCUT2D eigenvalue weighted by atomic mass is 35.5. The Kier molecular flexibility index (Phi) is 2.80. The van der Waals surface area contributed by atoms with E-state index in [9.17, 15) is 4.79 Å². The minimum absolute atomic E-state index is 0.0288. The molecule has 0 aliphatic heterocycles. The maximum atomic E-state index is 11.0. The third-order valence-corrected chi connectivity index (χ3v) is 2.74. The first-order valence-corrected chi connectivity index (χ1v) is 5.08. The summed E-state index contributed by atoms with van der Waals surface area (Å²) in [5.74, 6) is -1.89. The molecule has 0 spiro atoms. The number of fused-ring (bicyclic) bond motifs is 1. The van der Waals surface area contributed by atoms with E-state index < -0.39 is 11.9 Å². The maximum absolute atomic E-state index is 11.0. The Bertz CT molecular complexity index is 538. The van der Waals surface area contributed by atoms with Crippen LogP contribution in [0.2, 0.25) is 5.15 Å². The van der Waals surface area contributed by atoms with Crippen LogP contribution < -0.4 is 5.73 Å². The molecule has 6 heteroatoms. The van der Waals surface area contributed by atoms with Gasteiger partial charge in [0, 0.05) is 12.7 Å². The van der Waals surface area contributed by atoms with Crippen LogP contribution >= 0.6 is 11.6 Å². The van der Waals surface area contributed by atoms with Gasteiger partial charge < -0.3 is 10.8 Å². The summed E-state index contributed by atoms with van der Waals surface area (Å²) >= 11 is 6.06. The van der Waals surface area contributed by atoms with Gasteiger partial charge in [0.15, 0.2) is 0 Å². The first kappa shape index (κ1) is 10.9. The summed E-state index contributed by atoms with van der Waals surface area (Å²) in [6.45, 7) is -0.0288. The van der Waals surface area contributed by atoms with E-state index in [4.69, 9.17) is 22.4 Å². The molecule has 2 rings (SSSR count). The fourth-order valence-electron chi connectivity index (χ4n) is 1.54. The standard InChI is InChI=1S/C10H10ClN3O2/c11-9-8(6(5-12)10(15)16)13-7-3-1-2-4-14(7)9/h1-4,6H,5,12H2,(H,15,16). The fourth-order valence-corrected chi connectivity index (χ4v) is 1.85. The topological polar surface area (TPSA) is 80.6 Å². The summed E-state index contributed by atoms with van der Waals surface area (Å²) in [6.07, 6.45) is 1.73. The number of aromatic nitrogens is 2. The average Bonchev–Trinajstić information content (AvgIpc) is 2.58. The molecule has 84 valence electrons. The molecule has 2 heterocycles. The Morgan fingerprint density at radius 3 is 2.94 bits per heavy atom. The number of carbonyl (C=O) groups is 1. The summed E-state index contributed by atoms with van der Waals surface area (Å²) in [7, 11) is 0. The molecule has 0 fully saturated rings. The Morgan fingerprint density at radius 1 is 1.62 bits per heavy atom. The van der Waals surface area contributed by atoms with E-state index in [1.807, 2.05) is 0 Å². The van der Waals surface area contributed by atoms with Crippen molar-refractivity contribution in [2.75, 3.05) is 6.54 Å². The number of nitrogens with two attached hydrogens (primary N) is 1. The number of aliphatic carboxylic acids is 1. The van der Waals surface area contributed by atoms with Crippen LogP contribution in [0.25, 0.3) is 5.65 Å². The van der Waals surface area contributed by atoms with Crippen molar-refractivity contribution >= 4 is 23.2 Å². The molecule has 0 amide bonds. The molecule has 2 aromatic rings. The molecule has 3 N–H and O–H groups in total. The predicted molar refractivity (Wildman–Crippen MR) is 59.6 cm³/mol. The van der Waals surface area contributed by atoms with E-state index in [1.54, 1.807) is 28.8 Å². The highest BCUT2D eigenvalue weighted by molar-refractivity contribution is 6.30. The van der Waals surface area contributed by atoms with Crippen LogP contribution in [0, 0.1) is 0 Å². The first-order valence-electron chi connectivity index (χ1n) is 4.70. The summed E-state index contributed by atoms with van der Waals surface area (Å²) < 4.78 is 1.63. The second kappa shape index (κ2) is 4.11. The van der Waals surface area contributed by atoms with Crippen LogP contribution in [0.4, 0.5) is 0 Å². The van der Waals surface area contributed by atoms with Crippen molar-refractivity contribution in [2.24, 2.45) is 5.73 Å². The Hall–Kier alpha value is -1.59. The quantitative estimate of drug-likeness (QED) is 0.841. The van der Waals surface area contributed by atoms with Gasteiger partial charge in [0.25, 0.3) is 0 Å². The van der Waals surface area contributed by atoms with Crippen LogP contribution in [0.3, 0.4) is 0 Å². The number of nitrogens with zero attached hydrogens (tertiary/aromatic N) is 2. The predicted octanol–water partition coefficient (Wildman–Crippen LogP) is 1.11. The molecule has 0 aliphatic rings. The smallest absolute Gasteiger partial charge is 0.314 e. The van der Waals surface area contributed by atoms with Crippen LogP contribution in [0.15, 0.2) is 24.4 Å². The third kappa shape index (κ3) is 1.64. The van der Waals surface area contributed by atoms with Crippen molar-refractivity contribution < 1.29 is 9.90 Å². The van der Waals surface area contributed by atoms with Gasteiger partial charge in [0.2, 0.25) is 0 Å². The Morgan fingerprint density at radius 2 is 2.38 bits per heavy atom. The number of imidazole rings is 1. The van der Waals surface area contributed by atoms with Crippen molar-refractivity contribution in [3.05, 3.63) is 35.2 Å². The van der Waals surface area contributed by atoms with Gasteiger partial charge in [0.05, 0.1) is 5.69 Å². The Labute approximate surface area is 96.5 Å². The molecule has 5 nitrogen and oxygen atoms in total. The van der Waals surface area contributed by atoms with Crippen LogP contribution in [-0.4, -0.2) is 27.0 Å². The fraction of sp³-hybridized carbons (Fsp3) is 0.200. The van der Waals surface area contributed by atoms with Crippen molar-refractivity contribution in [1.29, 1.82) is 0 Å². The second-order valence-corrected chi connectivity index (χ2v) is 3.70. The van der Waals surface area contributed by atoms with Gasteiger partial charge in [-0.05, 0) is 12.1 Å². The van der Waals surface area contributed by atoms with Crippen molar-refractivity contribution in [3.63, 3.8) is 0 Å². The molecule has 0 saturated carbocycles. The second-order valence-electron chi connectivity index (χ2n) is 3.34. The van der Waals surface area contributed by atoms with Crippen LogP contribution in [0.1, 0.15) is 11.6 Å². The minimum atomic E-state index is -1.02. The van der Waals surface area contributed by atoms with E-state index in [2.05, 4.69) is 4.98 Å². The molecule has 2 aromatic heterocycles. The SMILES string of the molecule is NCC(C(=O)O)c1nc2ccccn2c1Cl. The summed E-state index contributed by atoms with van der Waals surface area (Å²) in [4.78, 5) is 15.1.